The van der Waals surface area contributed by atoms with Crippen LogP contribution in [-0.2, 0) is 19.4 Å². The van der Waals surface area contributed by atoms with Gasteiger partial charge in [0.05, 0.1) is 11.4 Å². The Kier molecular flexibility index (Phi) is 3.37. The lowest BCUT2D eigenvalue weighted by molar-refractivity contribution is 0.186. The predicted molar refractivity (Wildman–Crippen MR) is 85.3 cm³/mol. The highest BCUT2D eigenvalue weighted by Crippen LogP contribution is 2.34. The maximum absolute atomic E-state index is 12.3. The van der Waals surface area contributed by atoms with Crippen LogP contribution in [0.1, 0.15) is 46.9 Å². The Labute approximate surface area is 134 Å². The molecular weight excluding hydrogens is 292 g/mol. The van der Waals surface area contributed by atoms with Crippen LogP contribution in [0.4, 0.5) is 0 Å². The Hall–Kier alpha value is -1.95. The summed E-state index contributed by atoms with van der Waals surface area (Å²) in [6, 6.07) is 0.851. The summed E-state index contributed by atoms with van der Waals surface area (Å²) in [6.07, 6.45) is 3.96. The van der Waals surface area contributed by atoms with Crippen LogP contribution in [0, 0.1) is 20.8 Å². The Balaban J connectivity index is 1.68. The number of nitrogens with zero attached hydrogens (tertiary/aromatic N) is 3. The Bertz CT molecular complexity index is 788. The van der Waals surface area contributed by atoms with Crippen LogP contribution in [-0.4, -0.2) is 32.1 Å². The zero-order valence-electron chi connectivity index (χ0n) is 13.8. The average molecular weight is 314 g/mol. The van der Waals surface area contributed by atoms with Gasteiger partial charge < -0.3 is 9.51 Å². The van der Waals surface area contributed by atoms with Crippen LogP contribution < -0.4 is 5.56 Å². The van der Waals surface area contributed by atoms with Crippen LogP contribution in [0.15, 0.2) is 9.32 Å². The summed E-state index contributed by atoms with van der Waals surface area (Å²) in [5.41, 5.74) is 4.06. The molecule has 2 aromatic heterocycles. The quantitative estimate of drug-likeness (QED) is 0.915. The number of aromatic amines is 1. The van der Waals surface area contributed by atoms with Crippen molar-refractivity contribution in [3.05, 3.63) is 44.5 Å². The molecule has 4 rings (SSSR count). The van der Waals surface area contributed by atoms with E-state index in [4.69, 9.17) is 4.52 Å². The van der Waals surface area contributed by atoms with Gasteiger partial charge in [-0.15, -0.1) is 0 Å². The van der Waals surface area contributed by atoms with E-state index in [-0.39, 0.29) is 5.56 Å². The fraction of sp³-hybridized carbons (Fsp3) is 0.588. The van der Waals surface area contributed by atoms with Gasteiger partial charge in [0, 0.05) is 36.2 Å². The first-order valence-electron chi connectivity index (χ1n) is 8.29. The summed E-state index contributed by atoms with van der Waals surface area (Å²) >= 11 is 0. The second-order valence-electron chi connectivity index (χ2n) is 6.84. The SMILES string of the molecule is Cc1nc2c(c(=O)[nH]1)C[C@H]1CC[C@@H](C2)N1Cc1c(C)noc1C. The molecule has 0 aromatic carbocycles. The van der Waals surface area contributed by atoms with Crippen LogP contribution in [0.5, 0.6) is 0 Å². The van der Waals surface area contributed by atoms with Crippen LogP contribution >= 0.6 is 0 Å². The van der Waals surface area contributed by atoms with Crippen LogP contribution in [0.3, 0.4) is 0 Å². The fourth-order valence-electron chi connectivity index (χ4n) is 4.13. The zero-order valence-corrected chi connectivity index (χ0v) is 13.8. The highest BCUT2D eigenvalue weighted by atomic mass is 16.5. The van der Waals surface area contributed by atoms with Crippen molar-refractivity contribution in [2.24, 2.45) is 0 Å². The molecule has 0 unspecified atom stereocenters. The lowest BCUT2D eigenvalue weighted by Gasteiger charge is -2.27. The van der Waals surface area contributed by atoms with Crippen LogP contribution in [0.2, 0.25) is 0 Å². The van der Waals surface area contributed by atoms with E-state index in [1.807, 2.05) is 20.8 Å². The third-order valence-corrected chi connectivity index (χ3v) is 5.38. The molecular formula is C17H22N4O2. The standard InChI is InChI=1S/C17H22N4O2/c1-9-15(10(2)23-20-9)8-21-12-4-5-13(21)7-16-14(6-12)17(22)19-11(3)18-16/h12-13H,4-8H2,1-3H3,(H,18,19,22)/t12-,13+/m1/s1. The number of hydrogen-bond acceptors (Lipinski definition) is 5. The molecule has 0 spiro atoms. The first-order chi connectivity index (χ1) is 11.0. The van der Waals surface area contributed by atoms with Crippen molar-refractivity contribution in [2.75, 3.05) is 0 Å². The molecule has 2 atom stereocenters. The van der Waals surface area contributed by atoms with E-state index in [2.05, 4.69) is 20.0 Å². The number of aryl methyl sites for hydroxylation is 3. The summed E-state index contributed by atoms with van der Waals surface area (Å²) in [6.45, 7) is 6.67. The average Bonchev–Trinajstić information content (AvgIpc) is 2.94. The van der Waals surface area contributed by atoms with Gasteiger partial charge in [-0.1, -0.05) is 5.16 Å². The third-order valence-electron chi connectivity index (χ3n) is 5.38. The summed E-state index contributed by atoms with van der Waals surface area (Å²) in [7, 11) is 0. The maximum atomic E-state index is 12.3. The molecule has 0 amide bonds. The Morgan fingerprint density at radius 3 is 2.65 bits per heavy atom. The fourth-order valence-corrected chi connectivity index (χ4v) is 4.13. The van der Waals surface area contributed by atoms with Gasteiger partial charge in [0.25, 0.3) is 5.56 Å². The molecule has 0 aliphatic carbocycles. The van der Waals surface area contributed by atoms with E-state index < -0.39 is 0 Å². The Morgan fingerprint density at radius 2 is 1.96 bits per heavy atom. The molecule has 2 aliphatic rings. The number of hydrogen-bond donors (Lipinski definition) is 1. The number of rotatable bonds is 2. The van der Waals surface area contributed by atoms with E-state index in [1.54, 1.807) is 0 Å². The van der Waals surface area contributed by atoms with E-state index in [9.17, 15) is 4.79 Å². The van der Waals surface area contributed by atoms with Crippen molar-refractivity contribution in [3.63, 3.8) is 0 Å². The van der Waals surface area contributed by atoms with Crippen molar-refractivity contribution in [1.82, 2.24) is 20.0 Å². The highest BCUT2D eigenvalue weighted by molar-refractivity contribution is 5.26. The van der Waals surface area contributed by atoms with Gasteiger partial charge in [-0.2, -0.15) is 0 Å². The predicted octanol–water partition coefficient (Wildman–Crippen LogP) is 1.81. The number of fused-ring (bicyclic) bond motifs is 3. The molecule has 1 N–H and O–H groups in total. The number of aromatic nitrogens is 3. The molecule has 6 nitrogen and oxygen atoms in total. The monoisotopic (exact) mass is 314 g/mol. The van der Waals surface area contributed by atoms with Crippen molar-refractivity contribution in [3.8, 4) is 0 Å². The van der Waals surface area contributed by atoms with Gasteiger partial charge in [-0.3, -0.25) is 9.69 Å². The van der Waals surface area contributed by atoms with Gasteiger partial charge in [-0.25, -0.2) is 4.98 Å². The second-order valence-corrected chi connectivity index (χ2v) is 6.84. The van der Waals surface area contributed by atoms with E-state index in [0.717, 1.165) is 48.5 Å². The van der Waals surface area contributed by atoms with E-state index in [1.165, 1.54) is 12.0 Å². The largest absolute Gasteiger partial charge is 0.361 e. The first-order valence-corrected chi connectivity index (χ1v) is 8.29. The molecule has 0 radical (unpaired) electrons. The molecule has 6 heteroatoms. The smallest absolute Gasteiger partial charge is 0.254 e. The number of H-pyrrole nitrogens is 1. The molecule has 2 aromatic rings. The number of nitrogens with one attached hydrogen (secondary N) is 1. The van der Waals surface area contributed by atoms with Crippen molar-refractivity contribution in [2.45, 2.75) is 65.1 Å². The molecule has 1 fully saturated rings. The summed E-state index contributed by atoms with van der Waals surface area (Å²) in [4.78, 5) is 22.3. The maximum Gasteiger partial charge on any atom is 0.254 e. The molecule has 4 heterocycles. The van der Waals surface area contributed by atoms with Crippen molar-refractivity contribution in [1.29, 1.82) is 0 Å². The lowest BCUT2D eigenvalue weighted by atomic mass is 9.98. The van der Waals surface area contributed by atoms with Gasteiger partial charge in [0.1, 0.15) is 11.6 Å². The summed E-state index contributed by atoms with van der Waals surface area (Å²) in [5, 5.41) is 4.07. The minimum atomic E-state index is 0.0392. The zero-order chi connectivity index (χ0) is 16.1. The van der Waals surface area contributed by atoms with E-state index >= 15 is 0 Å². The molecule has 1 saturated heterocycles. The normalized spacial score (nSPS) is 23.8. The topological polar surface area (TPSA) is 75.0 Å². The molecule has 2 bridgehead atoms. The minimum absolute atomic E-state index is 0.0392. The third kappa shape index (κ3) is 2.41. The highest BCUT2D eigenvalue weighted by Gasteiger charge is 2.38. The molecule has 2 aliphatic heterocycles. The first kappa shape index (κ1) is 14.6. The van der Waals surface area contributed by atoms with Crippen molar-refractivity contribution >= 4 is 0 Å². The van der Waals surface area contributed by atoms with E-state index in [0.29, 0.717) is 17.9 Å². The minimum Gasteiger partial charge on any atom is -0.361 e. The summed E-state index contributed by atoms with van der Waals surface area (Å²) < 4.78 is 5.31. The van der Waals surface area contributed by atoms with Gasteiger partial charge in [-0.05, 0) is 40.0 Å². The Morgan fingerprint density at radius 1 is 1.22 bits per heavy atom. The summed E-state index contributed by atoms with van der Waals surface area (Å²) in [5.74, 6) is 1.61. The molecule has 23 heavy (non-hydrogen) atoms. The van der Waals surface area contributed by atoms with Crippen LogP contribution in [0.25, 0.3) is 0 Å². The molecule has 0 saturated carbocycles. The van der Waals surface area contributed by atoms with Gasteiger partial charge in [0.2, 0.25) is 0 Å². The van der Waals surface area contributed by atoms with Gasteiger partial charge >= 0.3 is 0 Å². The van der Waals surface area contributed by atoms with Gasteiger partial charge in [0.15, 0.2) is 0 Å². The van der Waals surface area contributed by atoms with Crippen molar-refractivity contribution < 1.29 is 4.52 Å². The molecule has 122 valence electrons. The lowest BCUT2D eigenvalue weighted by Crippen LogP contribution is -2.36. The second kappa shape index (κ2) is 5.30.